The molecule has 1 saturated heterocycles. The zero-order chi connectivity index (χ0) is 33.0. The standard InChI is InChI=1S/C35H31F4N3O5/c1-44-31-20-26-29(21-32(31)46-16-4-13-42-14-17-45-18-15-42)40-12-11-30(26)47-23-9-10-24-22(19-23)5-2-6-25(24)34(43)41-28-8-3-7-27(33(28)36)35(37,38)39/h2-3,5-12,19-21H,4,13-18H2,1H3,(H,41,43). The second-order valence-electron chi connectivity index (χ2n) is 10.9. The maximum atomic E-state index is 14.6. The van der Waals surface area contributed by atoms with Gasteiger partial charge in [-0.05, 0) is 65.7 Å². The maximum absolute atomic E-state index is 14.6. The van der Waals surface area contributed by atoms with Crippen LogP contribution in [0.3, 0.4) is 0 Å². The zero-order valence-corrected chi connectivity index (χ0v) is 25.4. The number of pyridine rings is 1. The van der Waals surface area contributed by atoms with Gasteiger partial charge in [-0.15, -0.1) is 0 Å². The Balaban J connectivity index is 1.19. The molecule has 0 unspecified atom stereocenters. The molecule has 4 aromatic carbocycles. The topological polar surface area (TPSA) is 82.2 Å². The van der Waals surface area contributed by atoms with E-state index in [1.807, 2.05) is 12.1 Å². The molecule has 1 aromatic heterocycles. The lowest BCUT2D eigenvalue weighted by molar-refractivity contribution is -0.139. The summed E-state index contributed by atoms with van der Waals surface area (Å²) in [5.41, 5.74) is -1.22. The molecule has 2 heterocycles. The number of hydrogen-bond donors (Lipinski definition) is 1. The smallest absolute Gasteiger partial charge is 0.419 e. The number of morpholine rings is 1. The maximum Gasteiger partial charge on any atom is 0.419 e. The molecule has 6 rings (SSSR count). The number of fused-ring (bicyclic) bond motifs is 2. The molecule has 0 bridgehead atoms. The minimum atomic E-state index is -4.90. The van der Waals surface area contributed by atoms with Crippen LogP contribution in [0, 0.1) is 5.82 Å². The van der Waals surface area contributed by atoms with Gasteiger partial charge in [-0.25, -0.2) is 4.39 Å². The van der Waals surface area contributed by atoms with Crippen molar-refractivity contribution in [3.8, 4) is 23.0 Å². The van der Waals surface area contributed by atoms with Crippen LogP contribution in [0.25, 0.3) is 21.7 Å². The van der Waals surface area contributed by atoms with Crippen molar-refractivity contribution in [2.75, 3.05) is 51.9 Å². The first-order chi connectivity index (χ1) is 22.7. The van der Waals surface area contributed by atoms with Gasteiger partial charge in [-0.1, -0.05) is 18.2 Å². The first kappa shape index (κ1) is 32.0. The number of carbonyl (C=O) groups is 1. The van der Waals surface area contributed by atoms with Crippen LogP contribution in [0.15, 0.2) is 79.0 Å². The van der Waals surface area contributed by atoms with Crippen molar-refractivity contribution in [2.45, 2.75) is 12.6 Å². The summed E-state index contributed by atoms with van der Waals surface area (Å²) >= 11 is 0. The van der Waals surface area contributed by atoms with E-state index in [0.717, 1.165) is 51.4 Å². The van der Waals surface area contributed by atoms with Crippen molar-refractivity contribution >= 4 is 33.3 Å². The van der Waals surface area contributed by atoms with Crippen LogP contribution in [0.4, 0.5) is 23.2 Å². The molecule has 12 heteroatoms. The lowest BCUT2D eigenvalue weighted by Crippen LogP contribution is -2.37. The number of alkyl halides is 3. The van der Waals surface area contributed by atoms with Crippen LogP contribution in [0.1, 0.15) is 22.3 Å². The van der Waals surface area contributed by atoms with Gasteiger partial charge in [0, 0.05) is 42.8 Å². The first-order valence-electron chi connectivity index (χ1n) is 15.0. The van der Waals surface area contributed by atoms with Crippen molar-refractivity contribution < 1.29 is 41.3 Å². The third-order valence-corrected chi connectivity index (χ3v) is 7.84. The first-order valence-corrected chi connectivity index (χ1v) is 15.0. The second kappa shape index (κ2) is 13.8. The van der Waals surface area contributed by atoms with Crippen LogP contribution in [-0.4, -0.2) is 62.4 Å². The molecule has 1 aliphatic rings. The Bertz CT molecular complexity index is 1910. The number of ether oxygens (including phenoxy) is 4. The Labute approximate surface area is 267 Å². The molecule has 1 fully saturated rings. The van der Waals surface area contributed by atoms with Crippen molar-refractivity contribution in [3.63, 3.8) is 0 Å². The molecule has 1 amide bonds. The molecule has 0 atom stereocenters. The van der Waals surface area contributed by atoms with Gasteiger partial charge in [0.25, 0.3) is 5.91 Å². The Morgan fingerprint density at radius 2 is 1.77 bits per heavy atom. The molecule has 0 spiro atoms. The van der Waals surface area contributed by atoms with E-state index in [4.69, 9.17) is 18.9 Å². The van der Waals surface area contributed by atoms with Crippen molar-refractivity contribution in [2.24, 2.45) is 0 Å². The quantitative estimate of drug-likeness (QED) is 0.123. The third kappa shape index (κ3) is 7.23. The number of halogens is 4. The number of rotatable bonds is 10. The fourth-order valence-electron chi connectivity index (χ4n) is 5.47. The predicted molar refractivity (Wildman–Crippen MR) is 169 cm³/mol. The summed E-state index contributed by atoms with van der Waals surface area (Å²) in [6.07, 6.45) is -2.42. The number of nitrogens with zero attached hydrogens (tertiary/aromatic N) is 2. The van der Waals surface area contributed by atoms with E-state index in [9.17, 15) is 22.4 Å². The number of methoxy groups -OCH3 is 1. The number of hydrogen-bond acceptors (Lipinski definition) is 7. The molecule has 47 heavy (non-hydrogen) atoms. The van der Waals surface area contributed by atoms with Crippen molar-refractivity contribution in [1.29, 1.82) is 0 Å². The monoisotopic (exact) mass is 649 g/mol. The third-order valence-electron chi connectivity index (χ3n) is 7.84. The number of aromatic nitrogens is 1. The van der Waals surface area contributed by atoms with Gasteiger partial charge < -0.3 is 24.3 Å². The fourth-order valence-corrected chi connectivity index (χ4v) is 5.47. The molecule has 244 valence electrons. The van der Waals surface area contributed by atoms with Crippen LogP contribution in [0.5, 0.6) is 23.0 Å². The van der Waals surface area contributed by atoms with E-state index < -0.39 is 29.2 Å². The minimum Gasteiger partial charge on any atom is -0.493 e. The van der Waals surface area contributed by atoms with E-state index >= 15 is 0 Å². The predicted octanol–water partition coefficient (Wildman–Crippen LogP) is 7.70. The molecule has 0 radical (unpaired) electrons. The highest BCUT2D eigenvalue weighted by molar-refractivity contribution is 6.13. The normalized spacial score (nSPS) is 13.9. The summed E-state index contributed by atoms with van der Waals surface area (Å²) in [5.74, 6) is -0.211. The molecule has 0 aliphatic carbocycles. The lowest BCUT2D eigenvalue weighted by atomic mass is 10.0. The highest BCUT2D eigenvalue weighted by atomic mass is 19.4. The van der Waals surface area contributed by atoms with Crippen LogP contribution >= 0.6 is 0 Å². The Morgan fingerprint density at radius 1 is 0.957 bits per heavy atom. The molecule has 1 aliphatic heterocycles. The van der Waals surface area contributed by atoms with E-state index in [1.165, 1.54) is 6.07 Å². The average Bonchev–Trinajstić information content (AvgIpc) is 3.07. The Morgan fingerprint density at radius 3 is 2.55 bits per heavy atom. The number of carbonyl (C=O) groups excluding carboxylic acids is 1. The molecule has 1 N–H and O–H groups in total. The van der Waals surface area contributed by atoms with Gasteiger partial charge in [0.1, 0.15) is 11.5 Å². The van der Waals surface area contributed by atoms with Crippen LogP contribution in [-0.2, 0) is 10.9 Å². The van der Waals surface area contributed by atoms with Gasteiger partial charge in [0.2, 0.25) is 0 Å². The largest absolute Gasteiger partial charge is 0.493 e. The van der Waals surface area contributed by atoms with E-state index in [1.54, 1.807) is 49.7 Å². The van der Waals surface area contributed by atoms with Gasteiger partial charge in [0.15, 0.2) is 17.3 Å². The van der Waals surface area contributed by atoms with E-state index in [-0.39, 0.29) is 5.56 Å². The summed E-state index contributed by atoms with van der Waals surface area (Å²) in [4.78, 5) is 19.9. The SMILES string of the molecule is COc1cc2c(Oc3ccc4c(C(=O)Nc5cccc(C(F)(F)F)c5F)cccc4c3)ccnc2cc1OCCCN1CCOCC1. The Kier molecular flexibility index (Phi) is 9.41. The van der Waals surface area contributed by atoms with Crippen LogP contribution < -0.4 is 19.5 Å². The number of anilines is 1. The van der Waals surface area contributed by atoms with Crippen molar-refractivity contribution in [3.05, 3.63) is 95.9 Å². The van der Waals surface area contributed by atoms with Crippen LogP contribution in [0.2, 0.25) is 0 Å². The molecular weight excluding hydrogens is 618 g/mol. The minimum absolute atomic E-state index is 0.155. The summed E-state index contributed by atoms with van der Waals surface area (Å²) in [7, 11) is 1.57. The van der Waals surface area contributed by atoms with Gasteiger partial charge >= 0.3 is 6.18 Å². The molecule has 8 nitrogen and oxygen atoms in total. The molecular formula is C35H31F4N3O5. The van der Waals surface area contributed by atoms with Crippen molar-refractivity contribution in [1.82, 2.24) is 9.88 Å². The Hall–Kier alpha value is -4.94. The highest BCUT2D eigenvalue weighted by Crippen LogP contribution is 2.38. The number of benzene rings is 4. The average molecular weight is 650 g/mol. The fraction of sp³-hybridized carbons (Fsp3) is 0.257. The highest BCUT2D eigenvalue weighted by Gasteiger charge is 2.35. The van der Waals surface area contributed by atoms with Gasteiger partial charge in [-0.2, -0.15) is 13.2 Å². The summed E-state index contributed by atoms with van der Waals surface area (Å²) in [6, 6.07) is 18.0. The van der Waals surface area contributed by atoms with Gasteiger partial charge in [-0.3, -0.25) is 14.7 Å². The summed E-state index contributed by atoms with van der Waals surface area (Å²) < 4.78 is 77.4. The van der Waals surface area contributed by atoms with Gasteiger partial charge in [0.05, 0.1) is 43.7 Å². The summed E-state index contributed by atoms with van der Waals surface area (Å²) in [5, 5.41) is 4.10. The van der Waals surface area contributed by atoms with E-state index in [2.05, 4.69) is 15.2 Å². The lowest BCUT2D eigenvalue weighted by Gasteiger charge is -2.26. The second-order valence-corrected chi connectivity index (χ2v) is 10.9. The zero-order valence-electron chi connectivity index (χ0n) is 25.4. The molecule has 0 saturated carbocycles. The number of amides is 1. The van der Waals surface area contributed by atoms with E-state index in [0.29, 0.717) is 57.3 Å². The summed E-state index contributed by atoms with van der Waals surface area (Å²) in [6.45, 7) is 4.78. The number of nitrogens with one attached hydrogen (secondary N) is 1. The molecule has 5 aromatic rings.